The number of rotatable bonds is 4. The van der Waals surface area contributed by atoms with E-state index in [1.165, 1.54) is 59.1 Å². The largest absolute Gasteiger partial charge is 0.339 e. The summed E-state index contributed by atoms with van der Waals surface area (Å²) in [5.74, 6) is 0.311. The third-order valence-corrected chi connectivity index (χ3v) is 8.00. The highest BCUT2D eigenvalue weighted by Crippen LogP contribution is 2.28. The van der Waals surface area contributed by atoms with Crippen LogP contribution in [-0.2, 0) is 17.8 Å². The van der Waals surface area contributed by atoms with Crippen molar-refractivity contribution in [3.8, 4) is 11.1 Å². The summed E-state index contributed by atoms with van der Waals surface area (Å²) in [6.45, 7) is 10.7. The molecule has 0 unspecified atom stereocenters. The topological polar surface area (TPSA) is 26.8 Å². The molecule has 4 nitrogen and oxygen atoms in total. The summed E-state index contributed by atoms with van der Waals surface area (Å²) in [4.78, 5) is 20.0. The lowest BCUT2D eigenvalue weighted by molar-refractivity contribution is -0.134. The average Bonchev–Trinajstić information content (AvgIpc) is 3.36. The molecule has 5 rings (SSSR count). The number of aryl methyl sites for hydroxylation is 2. The maximum absolute atomic E-state index is 13.0. The van der Waals surface area contributed by atoms with Crippen LogP contribution in [0.1, 0.15) is 47.9 Å². The van der Waals surface area contributed by atoms with Crippen molar-refractivity contribution >= 4 is 5.91 Å². The van der Waals surface area contributed by atoms with Gasteiger partial charge in [-0.05, 0) is 66.5 Å². The Bertz CT molecular complexity index is 971. The van der Waals surface area contributed by atoms with Gasteiger partial charge < -0.3 is 4.90 Å². The summed E-state index contributed by atoms with van der Waals surface area (Å²) >= 11 is 0. The lowest BCUT2D eigenvalue weighted by Crippen LogP contribution is -2.53. The van der Waals surface area contributed by atoms with E-state index in [0.29, 0.717) is 12.5 Å². The minimum atomic E-state index is 0.311. The third kappa shape index (κ3) is 4.62. The minimum absolute atomic E-state index is 0.311. The van der Waals surface area contributed by atoms with E-state index in [1.54, 1.807) is 0 Å². The SMILES string of the molecule is Cc1ccc(-c2ccc3c(c2)CCN(CC(=O)N2CCN(C4CCCC4)CC2)C3)cc1C. The fourth-order valence-corrected chi connectivity index (χ4v) is 5.74. The van der Waals surface area contributed by atoms with E-state index in [4.69, 9.17) is 0 Å². The van der Waals surface area contributed by atoms with Crippen molar-refractivity contribution in [2.24, 2.45) is 0 Å². The third-order valence-electron chi connectivity index (χ3n) is 8.00. The highest BCUT2D eigenvalue weighted by molar-refractivity contribution is 5.78. The van der Waals surface area contributed by atoms with Crippen LogP contribution in [0.2, 0.25) is 0 Å². The molecule has 1 amide bonds. The maximum Gasteiger partial charge on any atom is 0.236 e. The smallest absolute Gasteiger partial charge is 0.236 e. The molecule has 0 radical (unpaired) electrons. The Hall–Kier alpha value is -2.17. The molecule has 1 aliphatic carbocycles. The molecule has 2 aromatic carbocycles. The molecule has 0 atom stereocenters. The van der Waals surface area contributed by atoms with Gasteiger partial charge in [-0.25, -0.2) is 0 Å². The Morgan fingerprint density at radius 2 is 1.56 bits per heavy atom. The number of fused-ring (bicyclic) bond motifs is 1. The van der Waals surface area contributed by atoms with E-state index in [0.717, 1.165) is 51.7 Å². The van der Waals surface area contributed by atoms with Crippen LogP contribution in [0.4, 0.5) is 0 Å². The molecule has 0 spiro atoms. The molecular weight excluding hydrogens is 394 g/mol. The van der Waals surface area contributed by atoms with Gasteiger partial charge in [0.25, 0.3) is 0 Å². The van der Waals surface area contributed by atoms with Gasteiger partial charge in [0.05, 0.1) is 6.54 Å². The van der Waals surface area contributed by atoms with Crippen LogP contribution in [0.15, 0.2) is 36.4 Å². The molecule has 2 heterocycles. The van der Waals surface area contributed by atoms with Crippen LogP contribution in [-0.4, -0.2) is 65.9 Å². The van der Waals surface area contributed by atoms with Crippen molar-refractivity contribution in [3.05, 3.63) is 58.7 Å². The van der Waals surface area contributed by atoms with Gasteiger partial charge in [-0.1, -0.05) is 49.2 Å². The summed E-state index contributed by atoms with van der Waals surface area (Å²) in [5, 5.41) is 0. The summed E-state index contributed by atoms with van der Waals surface area (Å²) in [6, 6.07) is 14.4. The van der Waals surface area contributed by atoms with Crippen molar-refractivity contribution in [2.75, 3.05) is 39.3 Å². The Morgan fingerprint density at radius 1 is 0.844 bits per heavy atom. The fourth-order valence-electron chi connectivity index (χ4n) is 5.74. The standard InChI is InChI=1S/C28H37N3O/c1-21-7-8-23(17-22(21)2)24-9-10-26-19-29(12-11-25(26)18-24)20-28(32)31-15-13-30(14-16-31)27-5-3-4-6-27/h7-10,17-18,27H,3-6,11-16,19-20H2,1-2H3. The van der Waals surface area contributed by atoms with E-state index in [1.807, 2.05) is 0 Å². The second-order valence-electron chi connectivity index (χ2n) is 10.1. The van der Waals surface area contributed by atoms with Gasteiger partial charge in [0.15, 0.2) is 0 Å². The summed E-state index contributed by atoms with van der Waals surface area (Å²) in [5.41, 5.74) is 8.10. The van der Waals surface area contributed by atoms with Crippen LogP contribution in [0.25, 0.3) is 11.1 Å². The molecule has 0 aromatic heterocycles. The predicted molar refractivity (Wildman–Crippen MR) is 131 cm³/mol. The second kappa shape index (κ2) is 9.36. The highest BCUT2D eigenvalue weighted by Gasteiger charge is 2.29. The molecule has 32 heavy (non-hydrogen) atoms. The molecule has 2 fully saturated rings. The Balaban J connectivity index is 1.17. The monoisotopic (exact) mass is 431 g/mol. The number of carbonyl (C=O) groups is 1. The normalized spacial score (nSPS) is 20.5. The van der Waals surface area contributed by atoms with E-state index in [2.05, 4.69) is 64.9 Å². The predicted octanol–water partition coefficient (Wildman–Crippen LogP) is 4.42. The molecule has 2 aliphatic heterocycles. The van der Waals surface area contributed by atoms with Gasteiger partial charge >= 0.3 is 0 Å². The van der Waals surface area contributed by atoms with Crippen molar-refractivity contribution < 1.29 is 4.79 Å². The summed E-state index contributed by atoms with van der Waals surface area (Å²) in [7, 11) is 0. The summed E-state index contributed by atoms with van der Waals surface area (Å²) < 4.78 is 0. The molecular formula is C28H37N3O. The zero-order chi connectivity index (χ0) is 22.1. The Morgan fingerprint density at radius 3 is 2.31 bits per heavy atom. The number of hydrogen-bond acceptors (Lipinski definition) is 3. The zero-order valence-electron chi connectivity index (χ0n) is 19.8. The second-order valence-corrected chi connectivity index (χ2v) is 10.1. The number of benzene rings is 2. The number of hydrogen-bond donors (Lipinski definition) is 0. The van der Waals surface area contributed by atoms with Crippen molar-refractivity contribution in [3.63, 3.8) is 0 Å². The first-order valence-corrected chi connectivity index (χ1v) is 12.5. The summed E-state index contributed by atoms with van der Waals surface area (Å²) in [6.07, 6.45) is 6.49. The van der Waals surface area contributed by atoms with Gasteiger partial charge in [-0.3, -0.25) is 14.6 Å². The van der Waals surface area contributed by atoms with E-state index in [-0.39, 0.29) is 0 Å². The number of piperazine rings is 1. The van der Waals surface area contributed by atoms with Crippen LogP contribution >= 0.6 is 0 Å². The number of carbonyl (C=O) groups excluding carboxylic acids is 1. The average molecular weight is 432 g/mol. The molecule has 170 valence electrons. The van der Waals surface area contributed by atoms with Gasteiger partial charge in [-0.15, -0.1) is 0 Å². The lowest BCUT2D eigenvalue weighted by Gasteiger charge is -2.39. The minimum Gasteiger partial charge on any atom is -0.339 e. The zero-order valence-corrected chi connectivity index (χ0v) is 19.8. The van der Waals surface area contributed by atoms with Gasteiger partial charge in [0.2, 0.25) is 5.91 Å². The van der Waals surface area contributed by atoms with Crippen LogP contribution in [0.5, 0.6) is 0 Å². The fraction of sp³-hybridized carbons (Fsp3) is 0.536. The van der Waals surface area contributed by atoms with Crippen LogP contribution < -0.4 is 0 Å². The first-order chi connectivity index (χ1) is 15.6. The van der Waals surface area contributed by atoms with Crippen LogP contribution in [0.3, 0.4) is 0 Å². The van der Waals surface area contributed by atoms with Gasteiger partial charge in [0, 0.05) is 45.3 Å². The molecule has 1 saturated carbocycles. The maximum atomic E-state index is 13.0. The van der Waals surface area contributed by atoms with Gasteiger partial charge in [-0.2, -0.15) is 0 Å². The quantitative estimate of drug-likeness (QED) is 0.717. The molecule has 2 aromatic rings. The lowest BCUT2D eigenvalue weighted by atomic mass is 9.93. The van der Waals surface area contributed by atoms with Crippen molar-refractivity contribution in [2.45, 2.75) is 58.5 Å². The molecule has 4 heteroatoms. The first kappa shape index (κ1) is 21.7. The Kier molecular flexibility index (Phi) is 6.34. The van der Waals surface area contributed by atoms with E-state index in [9.17, 15) is 4.79 Å². The van der Waals surface area contributed by atoms with Gasteiger partial charge in [0.1, 0.15) is 0 Å². The van der Waals surface area contributed by atoms with Crippen LogP contribution in [0, 0.1) is 13.8 Å². The van der Waals surface area contributed by atoms with E-state index >= 15 is 0 Å². The molecule has 1 saturated heterocycles. The number of nitrogens with zero attached hydrogens (tertiary/aromatic N) is 3. The molecule has 0 N–H and O–H groups in total. The first-order valence-electron chi connectivity index (χ1n) is 12.5. The van der Waals surface area contributed by atoms with Crippen molar-refractivity contribution in [1.29, 1.82) is 0 Å². The Labute approximate surface area is 193 Å². The van der Waals surface area contributed by atoms with Crippen molar-refractivity contribution in [1.82, 2.24) is 14.7 Å². The molecule has 3 aliphatic rings. The number of amides is 1. The molecule has 0 bridgehead atoms. The highest BCUT2D eigenvalue weighted by atomic mass is 16.2. The van der Waals surface area contributed by atoms with E-state index < -0.39 is 0 Å².